The summed E-state index contributed by atoms with van der Waals surface area (Å²) in [4.78, 5) is 26.0. The van der Waals surface area contributed by atoms with Gasteiger partial charge in [0.25, 0.3) is 0 Å². The predicted octanol–water partition coefficient (Wildman–Crippen LogP) is 4.02. The van der Waals surface area contributed by atoms with Crippen molar-refractivity contribution in [1.82, 2.24) is 4.90 Å². The molecule has 0 bridgehead atoms. The molecule has 1 aromatic carbocycles. The van der Waals surface area contributed by atoms with Crippen molar-refractivity contribution in [2.75, 3.05) is 19.7 Å². The Kier molecular flexibility index (Phi) is 6.14. The van der Waals surface area contributed by atoms with E-state index in [2.05, 4.69) is 22.0 Å². The summed E-state index contributed by atoms with van der Waals surface area (Å²) in [5, 5.41) is 0.742. The molecule has 1 aliphatic rings. The zero-order valence-corrected chi connectivity index (χ0v) is 16.9. The van der Waals surface area contributed by atoms with Gasteiger partial charge in [-0.05, 0) is 38.8 Å². The van der Waals surface area contributed by atoms with Gasteiger partial charge in [0.1, 0.15) is 5.60 Å². The highest BCUT2D eigenvalue weighted by molar-refractivity contribution is 9.08. The number of halogens is 1. The lowest BCUT2D eigenvalue weighted by molar-refractivity contribution is -0.146. The Hall–Kier alpha value is -1.56. The fraction of sp³-hybridized carbons (Fsp3) is 0.579. The first-order valence-corrected chi connectivity index (χ1v) is 9.60. The van der Waals surface area contributed by atoms with E-state index in [1.54, 1.807) is 11.8 Å². The molecule has 1 saturated heterocycles. The lowest BCUT2D eigenvalue weighted by Crippen LogP contribution is -2.62. The number of carbonyl (C=O) groups excluding carboxylic acids is 2. The number of benzene rings is 1. The van der Waals surface area contributed by atoms with Crippen LogP contribution in [0.2, 0.25) is 0 Å². The third-order valence-electron chi connectivity index (χ3n) is 4.12. The van der Waals surface area contributed by atoms with Crippen molar-refractivity contribution in [3.8, 4) is 0 Å². The van der Waals surface area contributed by atoms with Crippen LogP contribution in [0.3, 0.4) is 0 Å². The molecule has 0 saturated carbocycles. The van der Waals surface area contributed by atoms with Crippen LogP contribution in [0, 0.1) is 0 Å². The van der Waals surface area contributed by atoms with Gasteiger partial charge in [-0.3, -0.25) is 4.79 Å². The lowest BCUT2D eigenvalue weighted by Gasteiger charge is -2.50. The molecule has 25 heavy (non-hydrogen) atoms. The average Bonchev–Trinajstić information content (AvgIpc) is 2.49. The van der Waals surface area contributed by atoms with E-state index < -0.39 is 11.0 Å². The second-order valence-corrected chi connectivity index (χ2v) is 7.99. The van der Waals surface area contributed by atoms with Gasteiger partial charge in [0.05, 0.1) is 13.0 Å². The maximum atomic E-state index is 12.3. The zero-order chi connectivity index (χ0) is 18.7. The third-order valence-corrected chi connectivity index (χ3v) is 4.77. The Morgan fingerprint density at radius 1 is 1.28 bits per heavy atom. The second-order valence-electron chi connectivity index (χ2n) is 7.43. The van der Waals surface area contributed by atoms with Crippen molar-refractivity contribution in [3.05, 3.63) is 35.4 Å². The molecule has 0 aliphatic carbocycles. The fourth-order valence-corrected chi connectivity index (χ4v) is 3.36. The van der Waals surface area contributed by atoms with Gasteiger partial charge in [-0.1, -0.05) is 40.2 Å². The SMILES string of the molecule is CCOC(=O)CC1(c2cccc(CBr)c2)CN(C(=O)OC(C)(C)C)C1. The number of likely N-dealkylation sites (tertiary alicyclic amines) is 1. The lowest BCUT2D eigenvalue weighted by atomic mass is 9.71. The van der Waals surface area contributed by atoms with Gasteiger partial charge < -0.3 is 14.4 Å². The summed E-state index contributed by atoms with van der Waals surface area (Å²) < 4.78 is 10.6. The van der Waals surface area contributed by atoms with Crippen molar-refractivity contribution >= 4 is 28.0 Å². The zero-order valence-electron chi connectivity index (χ0n) is 15.3. The summed E-state index contributed by atoms with van der Waals surface area (Å²) in [5.74, 6) is -0.240. The fourth-order valence-electron chi connectivity index (χ4n) is 3.01. The Morgan fingerprint density at radius 3 is 2.52 bits per heavy atom. The maximum Gasteiger partial charge on any atom is 0.410 e. The first-order valence-electron chi connectivity index (χ1n) is 8.48. The molecule has 1 aromatic rings. The second kappa shape index (κ2) is 7.77. The smallest absolute Gasteiger partial charge is 0.410 e. The van der Waals surface area contributed by atoms with E-state index >= 15 is 0 Å². The summed E-state index contributed by atoms with van der Waals surface area (Å²) in [7, 11) is 0. The van der Waals surface area contributed by atoms with Gasteiger partial charge in [0, 0.05) is 23.8 Å². The van der Waals surface area contributed by atoms with Crippen LogP contribution in [0.5, 0.6) is 0 Å². The van der Waals surface area contributed by atoms with Gasteiger partial charge in [-0.25, -0.2) is 4.79 Å². The Bertz CT molecular complexity index is 633. The first-order chi connectivity index (χ1) is 11.7. The van der Waals surface area contributed by atoms with E-state index in [1.807, 2.05) is 39.0 Å². The molecule has 1 fully saturated rings. The molecule has 1 amide bonds. The minimum Gasteiger partial charge on any atom is -0.466 e. The molecule has 2 rings (SSSR count). The average molecular weight is 412 g/mol. The summed E-state index contributed by atoms with van der Waals surface area (Å²) in [5.41, 5.74) is 1.24. The van der Waals surface area contributed by atoms with Crippen LogP contribution in [0.4, 0.5) is 4.79 Å². The molecule has 0 atom stereocenters. The standard InChI is InChI=1S/C19H26BrNO4/c1-5-24-16(22)10-19(15-8-6-7-14(9-15)11-20)12-21(13-19)17(23)25-18(2,3)4/h6-9H,5,10-13H2,1-4H3. The number of rotatable bonds is 5. The van der Waals surface area contributed by atoms with Gasteiger partial charge in [0.2, 0.25) is 0 Å². The maximum absolute atomic E-state index is 12.3. The van der Waals surface area contributed by atoms with E-state index in [0.29, 0.717) is 19.7 Å². The van der Waals surface area contributed by atoms with Gasteiger partial charge in [0.15, 0.2) is 0 Å². The number of nitrogens with zero attached hydrogens (tertiary/aromatic N) is 1. The molecule has 0 spiro atoms. The molecule has 6 heteroatoms. The van der Waals surface area contributed by atoms with Crippen LogP contribution < -0.4 is 0 Å². The van der Waals surface area contributed by atoms with E-state index in [1.165, 1.54) is 0 Å². The highest BCUT2D eigenvalue weighted by atomic mass is 79.9. The molecule has 5 nitrogen and oxygen atoms in total. The molecule has 1 aliphatic heterocycles. The highest BCUT2D eigenvalue weighted by Gasteiger charge is 2.49. The predicted molar refractivity (Wildman–Crippen MR) is 99.8 cm³/mol. The monoisotopic (exact) mass is 411 g/mol. The highest BCUT2D eigenvalue weighted by Crippen LogP contribution is 2.39. The molecule has 0 radical (unpaired) electrons. The minimum absolute atomic E-state index is 0.240. The van der Waals surface area contributed by atoms with Crippen molar-refractivity contribution in [1.29, 1.82) is 0 Å². The van der Waals surface area contributed by atoms with Crippen LogP contribution >= 0.6 is 15.9 Å². The third kappa shape index (κ3) is 4.97. The Balaban J connectivity index is 2.19. The number of carbonyl (C=O) groups is 2. The summed E-state index contributed by atoms with van der Waals surface area (Å²) in [6.45, 7) is 8.58. The summed E-state index contributed by atoms with van der Waals surface area (Å²) in [6.07, 6.45) is -0.0880. The summed E-state index contributed by atoms with van der Waals surface area (Å²) >= 11 is 3.47. The van der Waals surface area contributed by atoms with E-state index in [9.17, 15) is 9.59 Å². The molecule has 0 aromatic heterocycles. The van der Waals surface area contributed by atoms with Crippen LogP contribution in [0.1, 0.15) is 45.2 Å². The number of esters is 1. The van der Waals surface area contributed by atoms with Crippen molar-refractivity contribution < 1.29 is 19.1 Å². The van der Waals surface area contributed by atoms with Crippen LogP contribution in [0.25, 0.3) is 0 Å². The molecule has 1 heterocycles. The Morgan fingerprint density at radius 2 is 1.96 bits per heavy atom. The van der Waals surface area contributed by atoms with Crippen molar-refractivity contribution in [2.24, 2.45) is 0 Å². The number of alkyl halides is 1. The van der Waals surface area contributed by atoms with Gasteiger partial charge >= 0.3 is 12.1 Å². The van der Waals surface area contributed by atoms with Crippen LogP contribution in [-0.4, -0.2) is 42.3 Å². The normalized spacial score (nSPS) is 16.1. The first kappa shape index (κ1) is 19.8. The van der Waals surface area contributed by atoms with Crippen molar-refractivity contribution in [3.63, 3.8) is 0 Å². The largest absolute Gasteiger partial charge is 0.466 e. The molecular weight excluding hydrogens is 386 g/mol. The van der Waals surface area contributed by atoms with Crippen molar-refractivity contribution in [2.45, 2.75) is 50.5 Å². The number of hydrogen-bond acceptors (Lipinski definition) is 4. The van der Waals surface area contributed by atoms with E-state index in [0.717, 1.165) is 16.5 Å². The van der Waals surface area contributed by atoms with Gasteiger partial charge in [-0.15, -0.1) is 0 Å². The van der Waals surface area contributed by atoms with E-state index in [-0.39, 0.29) is 18.5 Å². The van der Waals surface area contributed by atoms with Gasteiger partial charge in [-0.2, -0.15) is 0 Å². The quantitative estimate of drug-likeness (QED) is 0.542. The van der Waals surface area contributed by atoms with Crippen LogP contribution in [-0.2, 0) is 25.0 Å². The summed E-state index contributed by atoms with van der Waals surface area (Å²) in [6, 6.07) is 8.10. The molecule has 0 N–H and O–H groups in total. The van der Waals surface area contributed by atoms with E-state index in [4.69, 9.17) is 9.47 Å². The molecule has 0 unspecified atom stereocenters. The number of ether oxygens (including phenoxy) is 2. The Labute approximate surface area is 157 Å². The molecular formula is C19H26BrNO4. The molecule has 138 valence electrons. The number of amides is 1. The minimum atomic E-state index is -0.535. The number of hydrogen-bond donors (Lipinski definition) is 0. The topological polar surface area (TPSA) is 55.8 Å². The van der Waals surface area contributed by atoms with Crippen LogP contribution in [0.15, 0.2) is 24.3 Å².